The summed E-state index contributed by atoms with van der Waals surface area (Å²) in [6, 6.07) is 8.27. The zero-order valence-corrected chi connectivity index (χ0v) is 19.9. The Balaban J connectivity index is 1.25. The average Bonchev–Trinajstić information content (AvgIpc) is 3.55. The Hall–Kier alpha value is -3.27. The van der Waals surface area contributed by atoms with E-state index in [2.05, 4.69) is 25.5 Å². The molecule has 0 bridgehead atoms. The van der Waals surface area contributed by atoms with Gasteiger partial charge in [-0.15, -0.1) is 0 Å². The minimum absolute atomic E-state index is 0.0665. The Morgan fingerprint density at radius 1 is 1.18 bits per heavy atom. The highest BCUT2D eigenvalue weighted by atomic mass is 32.1. The fourth-order valence-corrected chi connectivity index (χ4v) is 5.12. The van der Waals surface area contributed by atoms with Crippen molar-refractivity contribution in [3.05, 3.63) is 52.1 Å². The Labute approximate surface area is 201 Å². The number of carbonyl (C=O) groups is 2. The maximum absolute atomic E-state index is 13.0. The van der Waals surface area contributed by atoms with E-state index < -0.39 is 0 Å². The molecular formula is C24H28N6O3S. The van der Waals surface area contributed by atoms with E-state index in [9.17, 15) is 14.4 Å². The lowest BCUT2D eigenvalue weighted by Gasteiger charge is -2.31. The smallest absolute Gasteiger partial charge is 0.273 e. The van der Waals surface area contributed by atoms with Gasteiger partial charge in [0.25, 0.3) is 5.56 Å². The van der Waals surface area contributed by atoms with Gasteiger partial charge in [-0.25, -0.2) is 4.98 Å². The fourth-order valence-electron chi connectivity index (χ4n) is 4.11. The Bertz CT molecular complexity index is 1260. The van der Waals surface area contributed by atoms with Gasteiger partial charge < -0.3 is 15.5 Å². The first kappa shape index (κ1) is 22.5. The number of hydrogen-bond donors (Lipinski definition) is 2. The summed E-state index contributed by atoms with van der Waals surface area (Å²) in [5, 5.41) is 6.64. The summed E-state index contributed by atoms with van der Waals surface area (Å²) >= 11 is 1.28. The molecular weight excluding hydrogens is 452 g/mol. The molecule has 1 aliphatic carbocycles. The van der Waals surface area contributed by atoms with Crippen LogP contribution in [0.4, 0.5) is 5.13 Å². The van der Waals surface area contributed by atoms with E-state index in [0.29, 0.717) is 34.6 Å². The number of piperidine rings is 1. The highest BCUT2D eigenvalue weighted by molar-refractivity contribution is 7.22. The molecule has 34 heavy (non-hydrogen) atoms. The van der Waals surface area contributed by atoms with Crippen molar-refractivity contribution in [1.82, 2.24) is 25.2 Å². The van der Waals surface area contributed by atoms with Crippen molar-refractivity contribution in [2.75, 3.05) is 18.0 Å². The van der Waals surface area contributed by atoms with Crippen molar-refractivity contribution in [2.45, 2.75) is 51.7 Å². The quantitative estimate of drug-likeness (QED) is 0.535. The van der Waals surface area contributed by atoms with Crippen LogP contribution < -0.4 is 21.1 Å². The normalized spacial score (nSPS) is 18.1. The molecule has 0 unspecified atom stereocenters. The molecule has 3 heterocycles. The first-order chi connectivity index (χ1) is 16.5. The lowest BCUT2D eigenvalue weighted by Crippen LogP contribution is -2.43. The zero-order chi connectivity index (χ0) is 23.7. The largest absolute Gasteiger partial charge is 0.353 e. The molecule has 9 nitrogen and oxygen atoms in total. The number of benzene rings is 1. The molecule has 0 radical (unpaired) electrons. The molecule has 2 N–H and O–H groups in total. The monoisotopic (exact) mass is 480 g/mol. The molecule has 1 atom stereocenters. The maximum atomic E-state index is 13.0. The number of aromatic nitrogens is 3. The van der Waals surface area contributed by atoms with Crippen LogP contribution in [-0.2, 0) is 22.7 Å². The molecule has 1 aromatic carbocycles. The fraction of sp³-hybridized carbons (Fsp3) is 0.458. The number of anilines is 1. The highest BCUT2D eigenvalue weighted by Gasteiger charge is 2.31. The number of nitrogens with zero attached hydrogens (tertiary/aromatic N) is 4. The standard InChI is InChI=1S/C24H28N6O3S/c1-15-4-6-16(7-5-15)11-25-19(31)13-30-14-26-21-20(23(30)33)34-24(28-21)29-10-2-3-17(12-29)22(32)27-18-8-9-18/h4-7,14,17-18H,2-3,8-13H2,1H3,(H,25,31)(H,27,32)/t17-/m1/s1. The van der Waals surface area contributed by atoms with Gasteiger partial charge in [0.2, 0.25) is 11.8 Å². The van der Waals surface area contributed by atoms with Crippen LogP contribution in [0.5, 0.6) is 0 Å². The molecule has 2 aliphatic rings. The predicted octanol–water partition coefficient (Wildman–Crippen LogP) is 1.97. The number of carbonyl (C=O) groups excluding carboxylic acids is 2. The van der Waals surface area contributed by atoms with Crippen LogP contribution >= 0.6 is 11.3 Å². The van der Waals surface area contributed by atoms with Crippen molar-refractivity contribution in [3.63, 3.8) is 0 Å². The van der Waals surface area contributed by atoms with Crippen LogP contribution in [0.1, 0.15) is 36.8 Å². The van der Waals surface area contributed by atoms with Gasteiger partial charge in [0.1, 0.15) is 17.6 Å². The molecule has 178 valence electrons. The molecule has 5 rings (SSSR count). The molecule has 1 saturated carbocycles. The van der Waals surface area contributed by atoms with E-state index in [-0.39, 0.29) is 29.8 Å². The third-order valence-electron chi connectivity index (χ3n) is 6.28. The average molecular weight is 481 g/mol. The van der Waals surface area contributed by atoms with E-state index in [1.54, 1.807) is 0 Å². The van der Waals surface area contributed by atoms with Crippen LogP contribution in [0.25, 0.3) is 10.3 Å². The number of amides is 2. The van der Waals surface area contributed by atoms with Crippen molar-refractivity contribution >= 4 is 38.6 Å². The molecule has 3 aromatic rings. The highest BCUT2D eigenvalue weighted by Crippen LogP contribution is 2.30. The molecule has 2 fully saturated rings. The minimum Gasteiger partial charge on any atom is -0.353 e. The van der Waals surface area contributed by atoms with Crippen LogP contribution in [-0.4, -0.2) is 45.5 Å². The van der Waals surface area contributed by atoms with Crippen molar-refractivity contribution in [1.29, 1.82) is 0 Å². The zero-order valence-electron chi connectivity index (χ0n) is 19.1. The van der Waals surface area contributed by atoms with Crippen molar-refractivity contribution in [2.24, 2.45) is 5.92 Å². The van der Waals surface area contributed by atoms with E-state index >= 15 is 0 Å². The lowest BCUT2D eigenvalue weighted by atomic mass is 9.97. The van der Waals surface area contributed by atoms with Gasteiger partial charge >= 0.3 is 0 Å². The second-order valence-corrected chi connectivity index (χ2v) is 10.1. The van der Waals surface area contributed by atoms with E-state index in [0.717, 1.165) is 43.4 Å². The second kappa shape index (κ2) is 9.54. The Morgan fingerprint density at radius 2 is 1.97 bits per heavy atom. The topological polar surface area (TPSA) is 109 Å². The number of fused-ring (bicyclic) bond motifs is 1. The lowest BCUT2D eigenvalue weighted by molar-refractivity contribution is -0.125. The second-order valence-electron chi connectivity index (χ2n) is 9.16. The number of rotatable bonds is 7. The van der Waals surface area contributed by atoms with E-state index in [1.807, 2.05) is 31.2 Å². The molecule has 0 spiro atoms. The van der Waals surface area contributed by atoms with Crippen LogP contribution in [0.3, 0.4) is 0 Å². The maximum Gasteiger partial charge on any atom is 0.273 e. The SMILES string of the molecule is Cc1ccc(CNC(=O)Cn2cnc3nc(N4CCC[C@@H](C(=O)NC5CC5)C4)sc3c2=O)cc1. The third-order valence-corrected chi connectivity index (χ3v) is 7.38. The molecule has 10 heteroatoms. The van der Waals surface area contributed by atoms with Crippen LogP contribution in [0, 0.1) is 12.8 Å². The molecule has 2 amide bonds. The number of thiazole rings is 1. The van der Waals surface area contributed by atoms with Gasteiger partial charge in [-0.3, -0.25) is 19.0 Å². The van der Waals surface area contributed by atoms with Gasteiger partial charge in [0, 0.05) is 25.7 Å². The van der Waals surface area contributed by atoms with Gasteiger partial charge in [0.05, 0.1) is 5.92 Å². The predicted molar refractivity (Wildman–Crippen MR) is 131 cm³/mol. The summed E-state index contributed by atoms with van der Waals surface area (Å²) in [5.41, 5.74) is 2.26. The molecule has 2 aromatic heterocycles. The van der Waals surface area contributed by atoms with Crippen LogP contribution in [0.15, 0.2) is 35.4 Å². The molecule has 1 aliphatic heterocycles. The van der Waals surface area contributed by atoms with E-state index in [4.69, 9.17) is 0 Å². The Morgan fingerprint density at radius 3 is 2.74 bits per heavy atom. The summed E-state index contributed by atoms with van der Waals surface area (Å²) in [6.45, 7) is 3.70. The summed E-state index contributed by atoms with van der Waals surface area (Å²) in [7, 11) is 0. The van der Waals surface area contributed by atoms with Gasteiger partial charge in [-0.2, -0.15) is 4.98 Å². The summed E-state index contributed by atoms with van der Waals surface area (Å²) < 4.78 is 1.74. The van der Waals surface area contributed by atoms with Crippen molar-refractivity contribution < 1.29 is 9.59 Å². The van der Waals surface area contributed by atoms with Gasteiger partial charge in [-0.1, -0.05) is 41.2 Å². The van der Waals surface area contributed by atoms with Gasteiger partial charge in [-0.05, 0) is 38.2 Å². The Kier molecular flexibility index (Phi) is 6.32. The van der Waals surface area contributed by atoms with E-state index in [1.165, 1.54) is 22.2 Å². The minimum atomic E-state index is -0.278. The summed E-state index contributed by atoms with van der Waals surface area (Å²) in [4.78, 5) is 48.9. The summed E-state index contributed by atoms with van der Waals surface area (Å²) in [5.74, 6) is -0.206. The van der Waals surface area contributed by atoms with Crippen LogP contribution in [0.2, 0.25) is 0 Å². The first-order valence-corrected chi connectivity index (χ1v) is 12.5. The number of aryl methyl sites for hydroxylation is 1. The number of hydrogen-bond acceptors (Lipinski definition) is 7. The van der Waals surface area contributed by atoms with Gasteiger partial charge in [0.15, 0.2) is 10.8 Å². The first-order valence-electron chi connectivity index (χ1n) is 11.7. The number of nitrogens with one attached hydrogen (secondary N) is 2. The summed E-state index contributed by atoms with van der Waals surface area (Å²) in [6.07, 6.45) is 5.28. The van der Waals surface area contributed by atoms with Crippen molar-refractivity contribution in [3.8, 4) is 0 Å². The molecule has 1 saturated heterocycles. The third kappa shape index (κ3) is 5.11.